The van der Waals surface area contributed by atoms with Crippen molar-refractivity contribution >= 4 is 11.6 Å². The molecule has 22 heavy (non-hydrogen) atoms. The number of ether oxygens (including phenoxy) is 1. The molecule has 2 rings (SSSR count). The van der Waals surface area contributed by atoms with Crippen molar-refractivity contribution in [2.75, 3.05) is 25.0 Å². The van der Waals surface area contributed by atoms with E-state index in [2.05, 4.69) is 24.5 Å². The van der Waals surface area contributed by atoms with Gasteiger partial charge >= 0.3 is 0 Å². The normalized spacial score (nSPS) is 19.5. The molecular formula is C18H28N2O2. The lowest BCUT2D eigenvalue weighted by Gasteiger charge is -2.28. The maximum absolute atomic E-state index is 12.3. The van der Waals surface area contributed by atoms with Gasteiger partial charge in [0.25, 0.3) is 0 Å². The Morgan fingerprint density at radius 3 is 3.00 bits per heavy atom. The fourth-order valence-corrected chi connectivity index (χ4v) is 2.93. The molecule has 0 spiro atoms. The zero-order chi connectivity index (χ0) is 15.8. The minimum absolute atomic E-state index is 0.0746. The average Bonchev–Trinajstić information content (AvgIpc) is 2.54. The summed E-state index contributed by atoms with van der Waals surface area (Å²) >= 11 is 0. The number of benzene rings is 1. The Morgan fingerprint density at radius 2 is 2.27 bits per heavy atom. The van der Waals surface area contributed by atoms with Gasteiger partial charge in [0.1, 0.15) is 5.75 Å². The molecule has 1 aromatic carbocycles. The number of hydrogen-bond donors (Lipinski definition) is 2. The predicted octanol–water partition coefficient (Wildman–Crippen LogP) is 3.44. The first-order chi connectivity index (χ1) is 10.7. The van der Waals surface area contributed by atoms with E-state index in [0.29, 0.717) is 24.9 Å². The highest BCUT2D eigenvalue weighted by atomic mass is 16.5. The van der Waals surface area contributed by atoms with Crippen molar-refractivity contribution in [3.63, 3.8) is 0 Å². The van der Waals surface area contributed by atoms with E-state index in [1.807, 2.05) is 24.3 Å². The van der Waals surface area contributed by atoms with Crippen LogP contribution in [0.15, 0.2) is 24.3 Å². The van der Waals surface area contributed by atoms with Crippen LogP contribution in [0.3, 0.4) is 0 Å². The van der Waals surface area contributed by atoms with Gasteiger partial charge in [0, 0.05) is 6.42 Å². The SMILES string of the molecule is CCCOc1ccccc1NC(=O)CC(C)C1CCCNC1. The molecule has 1 heterocycles. The molecule has 0 saturated carbocycles. The summed E-state index contributed by atoms with van der Waals surface area (Å²) in [5.74, 6) is 1.83. The predicted molar refractivity (Wildman–Crippen MR) is 90.2 cm³/mol. The van der Waals surface area contributed by atoms with Crippen LogP contribution in [0, 0.1) is 11.8 Å². The van der Waals surface area contributed by atoms with Crippen LogP contribution in [0.2, 0.25) is 0 Å². The van der Waals surface area contributed by atoms with Crippen molar-refractivity contribution in [3.8, 4) is 5.75 Å². The molecule has 0 aromatic heterocycles. The molecule has 0 radical (unpaired) electrons. The summed E-state index contributed by atoms with van der Waals surface area (Å²) in [7, 11) is 0. The van der Waals surface area contributed by atoms with Gasteiger partial charge in [-0.25, -0.2) is 0 Å². The Hall–Kier alpha value is -1.55. The van der Waals surface area contributed by atoms with Crippen LogP contribution in [0.1, 0.15) is 39.5 Å². The second kappa shape index (κ2) is 8.79. The summed E-state index contributed by atoms with van der Waals surface area (Å²) < 4.78 is 5.68. The van der Waals surface area contributed by atoms with Crippen LogP contribution >= 0.6 is 0 Å². The van der Waals surface area contributed by atoms with E-state index >= 15 is 0 Å². The zero-order valence-corrected chi connectivity index (χ0v) is 13.7. The Kier molecular flexibility index (Phi) is 6.72. The van der Waals surface area contributed by atoms with Gasteiger partial charge in [-0.05, 0) is 56.3 Å². The summed E-state index contributed by atoms with van der Waals surface area (Å²) in [5, 5.41) is 6.42. The van der Waals surface area contributed by atoms with Crippen molar-refractivity contribution in [2.24, 2.45) is 11.8 Å². The first-order valence-corrected chi connectivity index (χ1v) is 8.43. The average molecular weight is 304 g/mol. The van der Waals surface area contributed by atoms with Crippen LogP contribution in [-0.2, 0) is 4.79 Å². The second-order valence-corrected chi connectivity index (χ2v) is 6.18. The van der Waals surface area contributed by atoms with Gasteiger partial charge in [0.2, 0.25) is 5.91 Å². The molecule has 0 aliphatic carbocycles. The number of piperidine rings is 1. The third kappa shape index (κ3) is 5.02. The van der Waals surface area contributed by atoms with E-state index in [0.717, 1.165) is 30.9 Å². The number of carbonyl (C=O) groups excluding carboxylic acids is 1. The molecule has 4 nitrogen and oxygen atoms in total. The molecule has 1 aliphatic rings. The molecule has 2 atom stereocenters. The Labute approximate surface area is 133 Å². The molecule has 4 heteroatoms. The van der Waals surface area contributed by atoms with Gasteiger partial charge in [-0.2, -0.15) is 0 Å². The Morgan fingerprint density at radius 1 is 1.45 bits per heavy atom. The van der Waals surface area contributed by atoms with E-state index in [4.69, 9.17) is 4.74 Å². The van der Waals surface area contributed by atoms with E-state index in [9.17, 15) is 4.79 Å². The first-order valence-electron chi connectivity index (χ1n) is 8.43. The molecule has 1 saturated heterocycles. The fraction of sp³-hybridized carbons (Fsp3) is 0.611. The second-order valence-electron chi connectivity index (χ2n) is 6.18. The molecule has 1 fully saturated rings. The van der Waals surface area contributed by atoms with Crippen LogP contribution < -0.4 is 15.4 Å². The van der Waals surface area contributed by atoms with Crippen molar-refractivity contribution in [3.05, 3.63) is 24.3 Å². The Bertz CT molecular complexity index is 470. The standard InChI is InChI=1S/C18H28N2O2/c1-3-11-22-17-9-5-4-8-16(17)20-18(21)12-14(2)15-7-6-10-19-13-15/h4-5,8-9,14-15,19H,3,6-7,10-13H2,1-2H3,(H,20,21). The quantitative estimate of drug-likeness (QED) is 0.811. The van der Waals surface area contributed by atoms with Gasteiger partial charge in [0.15, 0.2) is 0 Å². The van der Waals surface area contributed by atoms with Crippen LogP contribution in [0.25, 0.3) is 0 Å². The molecule has 0 bridgehead atoms. The minimum Gasteiger partial charge on any atom is -0.491 e. The molecule has 1 amide bonds. The third-order valence-corrected chi connectivity index (χ3v) is 4.27. The minimum atomic E-state index is 0.0746. The van der Waals surface area contributed by atoms with Crippen LogP contribution in [0.5, 0.6) is 5.75 Å². The summed E-state index contributed by atoms with van der Waals surface area (Å²) in [6.07, 6.45) is 3.95. The molecule has 2 N–H and O–H groups in total. The highest BCUT2D eigenvalue weighted by Gasteiger charge is 2.22. The monoisotopic (exact) mass is 304 g/mol. The van der Waals surface area contributed by atoms with Gasteiger partial charge in [-0.3, -0.25) is 4.79 Å². The summed E-state index contributed by atoms with van der Waals surface area (Å²) in [6, 6.07) is 7.65. The Balaban J connectivity index is 1.88. The van der Waals surface area contributed by atoms with Crippen molar-refractivity contribution in [1.82, 2.24) is 5.32 Å². The first kappa shape index (κ1) is 16.8. The van der Waals surface area contributed by atoms with Crippen molar-refractivity contribution < 1.29 is 9.53 Å². The number of nitrogens with one attached hydrogen (secondary N) is 2. The number of para-hydroxylation sites is 2. The molecule has 1 aliphatic heterocycles. The molecule has 1 aromatic rings. The maximum Gasteiger partial charge on any atom is 0.224 e. The van der Waals surface area contributed by atoms with E-state index in [-0.39, 0.29) is 5.91 Å². The lowest BCUT2D eigenvalue weighted by molar-refractivity contribution is -0.117. The number of rotatable bonds is 7. The maximum atomic E-state index is 12.3. The fourth-order valence-electron chi connectivity index (χ4n) is 2.93. The van der Waals surface area contributed by atoms with Gasteiger partial charge in [-0.15, -0.1) is 0 Å². The van der Waals surface area contributed by atoms with Crippen LogP contribution in [-0.4, -0.2) is 25.6 Å². The largest absolute Gasteiger partial charge is 0.491 e. The zero-order valence-electron chi connectivity index (χ0n) is 13.7. The van der Waals surface area contributed by atoms with Gasteiger partial charge in [0.05, 0.1) is 12.3 Å². The number of carbonyl (C=O) groups is 1. The lowest BCUT2D eigenvalue weighted by Crippen LogP contribution is -2.34. The summed E-state index contributed by atoms with van der Waals surface area (Å²) in [5.41, 5.74) is 0.773. The highest BCUT2D eigenvalue weighted by Crippen LogP contribution is 2.26. The van der Waals surface area contributed by atoms with Crippen molar-refractivity contribution in [1.29, 1.82) is 0 Å². The highest BCUT2D eigenvalue weighted by molar-refractivity contribution is 5.92. The number of amides is 1. The van der Waals surface area contributed by atoms with E-state index in [1.54, 1.807) is 0 Å². The lowest BCUT2D eigenvalue weighted by atomic mass is 9.85. The van der Waals surface area contributed by atoms with E-state index in [1.165, 1.54) is 12.8 Å². The van der Waals surface area contributed by atoms with Gasteiger partial charge < -0.3 is 15.4 Å². The van der Waals surface area contributed by atoms with Crippen LogP contribution in [0.4, 0.5) is 5.69 Å². The number of anilines is 1. The van der Waals surface area contributed by atoms with E-state index < -0.39 is 0 Å². The smallest absolute Gasteiger partial charge is 0.224 e. The van der Waals surface area contributed by atoms with Gasteiger partial charge in [-0.1, -0.05) is 26.0 Å². The molecule has 2 unspecified atom stereocenters. The summed E-state index contributed by atoms with van der Waals surface area (Å²) in [6.45, 7) is 7.05. The third-order valence-electron chi connectivity index (χ3n) is 4.27. The summed E-state index contributed by atoms with van der Waals surface area (Å²) in [4.78, 5) is 12.3. The number of hydrogen-bond acceptors (Lipinski definition) is 3. The topological polar surface area (TPSA) is 50.4 Å². The molecule has 122 valence electrons. The molecular weight excluding hydrogens is 276 g/mol. The van der Waals surface area contributed by atoms with Crippen molar-refractivity contribution in [2.45, 2.75) is 39.5 Å².